The standard InChI is InChI=1S/C8H15NO2/c1-8(2)6-7(10)9(3)4-5-11-8/h4-6H2,1-3H3. The van der Waals surface area contributed by atoms with E-state index in [-0.39, 0.29) is 11.5 Å². The summed E-state index contributed by atoms with van der Waals surface area (Å²) >= 11 is 0. The highest BCUT2D eigenvalue weighted by Crippen LogP contribution is 2.18. The summed E-state index contributed by atoms with van der Waals surface area (Å²) in [5.41, 5.74) is -0.276. The van der Waals surface area contributed by atoms with Crippen LogP contribution in [0.15, 0.2) is 0 Å². The van der Waals surface area contributed by atoms with E-state index < -0.39 is 0 Å². The Morgan fingerprint density at radius 1 is 1.55 bits per heavy atom. The van der Waals surface area contributed by atoms with Crippen LogP contribution in [0.3, 0.4) is 0 Å². The van der Waals surface area contributed by atoms with Crippen LogP contribution in [-0.4, -0.2) is 36.6 Å². The zero-order valence-electron chi connectivity index (χ0n) is 7.39. The summed E-state index contributed by atoms with van der Waals surface area (Å²) in [5.74, 6) is 0.174. The van der Waals surface area contributed by atoms with Gasteiger partial charge in [0.05, 0.1) is 18.6 Å². The monoisotopic (exact) mass is 157 g/mol. The molecule has 0 unspecified atom stereocenters. The fraction of sp³-hybridized carbons (Fsp3) is 0.875. The second kappa shape index (κ2) is 2.81. The Bertz CT molecular complexity index is 165. The van der Waals surface area contributed by atoms with E-state index in [1.165, 1.54) is 0 Å². The molecule has 0 saturated carbocycles. The van der Waals surface area contributed by atoms with E-state index in [0.717, 1.165) is 0 Å². The fourth-order valence-electron chi connectivity index (χ4n) is 1.13. The molecule has 0 aromatic heterocycles. The lowest BCUT2D eigenvalue weighted by Gasteiger charge is -2.20. The van der Waals surface area contributed by atoms with E-state index in [1.54, 1.807) is 4.90 Å². The molecular weight excluding hydrogens is 142 g/mol. The summed E-state index contributed by atoms with van der Waals surface area (Å²) < 4.78 is 5.47. The largest absolute Gasteiger partial charge is 0.373 e. The topological polar surface area (TPSA) is 29.5 Å². The first-order chi connectivity index (χ1) is 5.01. The third kappa shape index (κ3) is 2.19. The Kier molecular flexibility index (Phi) is 2.18. The van der Waals surface area contributed by atoms with Crippen LogP contribution >= 0.6 is 0 Å². The average Bonchev–Trinajstić information content (AvgIpc) is 1.93. The van der Waals surface area contributed by atoms with Crippen LogP contribution in [0.4, 0.5) is 0 Å². The quantitative estimate of drug-likeness (QED) is 0.516. The molecular formula is C8H15NO2. The first-order valence-electron chi connectivity index (χ1n) is 3.89. The molecule has 0 aromatic carbocycles. The summed E-state index contributed by atoms with van der Waals surface area (Å²) in [4.78, 5) is 13.0. The number of amides is 1. The molecule has 0 aromatic rings. The summed E-state index contributed by atoms with van der Waals surface area (Å²) in [6, 6.07) is 0. The summed E-state index contributed by atoms with van der Waals surface area (Å²) in [6.07, 6.45) is 0.490. The number of carbonyl (C=O) groups is 1. The Labute approximate surface area is 67.3 Å². The molecule has 3 nitrogen and oxygen atoms in total. The molecule has 11 heavy (non-hydrogen) atoms. The average molecular weight is 157 g/mol. The highest BCUT2D eigenvalue weighted by molar-refractivity contribution is 5.77. The van der Waals surface area contributed by atoms with Crippen molar-refractivity contribution in [3.05, 3.63) is 0 Å². The predicted octanol–water partition coefficient (Wildman–Crippen LogP) is 0.644. The minimum absolute atomic E-state index is 0.174. The normalized spacial score (nSPS) is 25.0. The van der Waals surface area contributed by atoms with Crippen LogP contribution < -0.4 is 0 Å². The molecule has 3 heteroatoms. The second-order valence-corrected chi connectivity index (χ2v) is 3.60. The number of ether oxygens (including phenoxy) is 1. The van der Waals surface area contributed by atoms with E-state index in [1.807, 2.05) is 20.9 Å². The minimum atomic E-state index is -0.276. The van der Waals surface area contributed by atoms with Crippen molar-refractivity contribution in [1.29, 1.82) is 0 Å². The van der Waals surface area contributed by atoms with Crippen LogP contribution in [0.1, 0.15) is 20.3 Å². The van der Waals surface area contributed by atoms with Crippen molar-refractivity contribution in [2.75, 3.05) is 20.2 Å². The fourth-order valence-corrected chi connectivity index (χ4v) is 1.13. The maximum atomic E-state index is 11.3. The van der Waals surface area contributed by atoms with E-state index in [2.05, 4.69) is 0 Å². The number of nitrogens with zero attached hydrogens (tertiary/aromatic N) is 1. The van der Waals surface area contributed by atoms with Gasteiger partial charge in [-0.3, -0.25) is 4.79 Å². The van der Waals surface area contributed by atoms with Gasteiger partial charge in [0, 0.05) is 13.6 Å². The van der Waals surface area contributed by atoms with Gasteiger partial charge in [-0.1, -0.05) is 0 Å². The molecule has 0 bridgehead atoms. The first-order valence-corrected chi connectivity index (χ1v) is 3.89. The minimum Gasteiger partial charge on any atom is -0.373 e. The van der Waals surface area contributed by atoms with Crippen molar-refractivity contribution in [1.82, 2.24) is 4.90 Å². The Balaban J connectivity index is 2.63. The van der Waals surface area contributed by atoms with E-state index in [9.17, 15) is 4.79 Å². The third-order valence-corrected chi connectivity index (χ3v) is 1.92. The van der Waals surface area contributed by atoms with E-state index in [4.69, 9.17) is 4.74 Å². The maximum absolute atomic E-state index is 11.3. The van der Waals surface area contributed by atoms with Crippen molar-refractivity contribution in [2.45, 2.75) is 25.9 Å². The number of hydrogen-bond acceptors (Lipinski definition) is 2. The molecule has 64 valence electrons. The number of hydrogen-bond donors (Lipinski definition) is 0. The van der Waals surface area contributed by atoms with Gasteiger partial charge in [-0.2, -0.15) is 0 Å². The van der Waals surface area contributed by atoms with Gasteiger partial charge in [0.15, 0.2) is 0 Å². The summed E-state index contributed by atoms with van der Waals surface area (Å²) in [7, 11) is 1.81. The zero-order valence-corrected chi connectivity index (χ0v) is 7.39. The third-order valence-electron chi connectivity index (χ3n) is 1.92. The molecule has 0 N–H and O–H groups in total. The molecule has 1 fully saturated rings. The van der Waals surface area contributed by atoms with Crippen LogP contribution in [0.25, 0.3) is 0 Å². The van der Waals surface area contributed by atoms with Gasteiger partial charge in [0.2, 0.25) is 5.91 Å². The molecule has 0 radical (unpaired) electrons. The van der Waals surface area contributed by atoms with E-state index in [0.29, 0.717) is 19.6 Å². The molecule has 0 atom stereocenters. The second-order valence-electron chi connectivity index (χ2n) is 3.60. The Morgan fingerprint density at radius 2 is 2.18 bits per heavy atom. The highest BCUT2D eigenvalue weighted by atomic mass is 16.5. The molecule has 0 aliphatic carbocycles. The molecule has 1 heterocycles. The highest BCUT2D eigenvalue weighted by Gasteiger charge is 2.27. The van der Waals surface area contributed by atoms with Crippen molar-refractivity contribution in [2.24, 2.45) is 0 Å². The first kappa shape index (κ1) is 8.53. The number of rotatable bonds is 0. The number of likely N-dealkylation sites (N-methyl/N-ethyl adjacent to an activating group) is 1. The number of carbonyl (C=O) groups excluding carboxylic acids is 1. The summed E-state index contributed by atoms with van der Waals surface area (Å²) in [5, 5.41) is 0. The van der Waals surface area contributed by atoms with Crippen molar-refractivity contribution in [3.63, 3.8) is 0 Å². The predicted molar refractivity (Wildman–Crippen MR) is 42.3 cm³/mol. The van der Waals surface area contributed by atoms with Gasteiger partial charge in [0.25, 0.3) is 0 Å². The lowest BCUT2D eigenvalue weighted by Crippen LogP contribution is -2.30. The van der Waals surface area contributed by atoms with Gasteiger partial charge in [-0.15, -0.1) is 0 Å². The van der Waals surface area contributed by atoms with Crippen molar-refractivity contribution >= 4 is 5.91 Å². The Hall–Kier alpha value is -0.570. The van der Waals surface area contributed by atoms with Gasteiger partial charge < -0.3 is 9.64 Å². The lowest BCUT2D eigenvalue weighted by molar-refractivity contribution is -0.131. The SMILES string of the molecule is CN1CCOC(C)(C)CC1=O. The van der Waals surface area contributed by atoms with Crippen molar-refractivity contribution < 1.29 is 9.53 Å². The van der Waals surface area contributed by atoms with Crippen LogP contribution in [0, 0.1) is 0 Å². The van der Waals surface area contributed by atoms with Gasteiger partial charge in [-0.25, -0.2) is 0 Å². The molecule has 1 saturated heterocycles. The van der Waals surface area contributed by atoms with Crippen molar-refractivity contribution in [3.8, 4) is 0 Å². The zero-order chi connectivity index (χ0) is 8.48. The lowest BCUT2D eigenvalue weighted by atomic mass is 10.1. The van der Waals surface area contributed by atoms with Crippen LogP contribution in [0.5, 0.6) is 0 Å². The van der Waals surface area contributed by atoms with Gasteiger partial charge in [0.1, 0.15) is 0 Å². The molecule has 1 aliphatic heterocycles. The van der Waals surface area contributed by atoms with Crippen LogP contribution in [-0.2, 0) is 9.53 Å². The molecule has 1 rings (SSSR count). The smallest absolute Gasteiger partial charge is 0.225 e. The van der Waals surface area contributed by atoms with Crippen LogP contribution in [0.2, 0.25) is 0 Å². The van der Waals surface area contributed by atoms with E-state index >= 15 is 0 Å². The molecule has 1 amide bonds. The Morgan fingerprint density at radius 3 is 2.82 bits per heavy atom. The maximum Gasteiger partial charge on any atom is 0.225 e. The van der Waals surface area contributed by atoms with Gasteiger partial charge >= 0.3 is 0 Å². The molecule has 1 aliphatic rings. The van der Waals surface area contributed by atoms with Gasteiger partial charge in [-0.05, 0) is 13.8 Å². The molecule has 0 spiro atoms. The summed E-state index contributed by atoms with van der Waals surface area (Å²) in [6.45, 7) is 5.26.